The highest BCUT2D eigenvalue weighted by Gasteiger charge is 2.07. The molecule has 0 bridgehead atoms. The maximum Gasteiger partial charge on any atom is 0.0550 e. The molecule has 0 aromatic heterocycles. The second-order valence-electron chi connectivity index (χ2n) is 3.35. The summed E-state index contributed by atoms with van der Waals surface area (Å²) in [6, 6.07) is 8.44. The lowest BCUT2D eigenvalue weighted by atomic mass is 10.2. The smallest absolute Gasteiger partial charge is 0.0550 e. The minimum absolute atomic E-state index is 0.998. The molecule has 2 heteroatoms. The molecule has 72 valence electrons. The molecule has 0 heterocycles. The van der Waals surface area contributed by atoms with Crippen LogP contribution in [0.15, 0.2) is 24.3 Å². The quantitative estimate of drug-likeness (QED) is 0.655. The summed E-state index contributed by atoms with van der Waals surface area (Å²) in [5, 5.41) is 4.36. The number of aryl methyl sites for hydroxylation is 1. The molecule has 0 saturated heterocycles. The normalized spacial score (nSPS) is 10.5. The molecule has 0 fully saturated rings. The van der Waals surface area contributed by atoms with Crippen LogP contribution in [-0.2, 0) is 0 Å². The van der Waals surface area contributed by atoms with Crippen molar-refractivity contribution in [1.29, 1.82) is 0 Å². The van der Waals surface area contributed by atoms with Crippen molar-refractivity contribution in [3.63, 3.8) is 0 Å². The van der Waals surface area contributed by atoms with Crippen molar-refractivity contribution in [3.05, 3.63) is 29.8 Å². The van der Waals surface area contributed by atoms with Crippen molar-refractivity contribution < 1.29 is 0 Å². The maximum absolute atomic E-state index is 2.25. The van der Waals surface area contributed by atoms with Crippen LogP contribution in [0.4, 0.5) is 5.69 Å². The van der Waals surface area contributed by atoms with Crippen LogP contribution in [0.1, 0.15) is 12.5 Å². The van der Waals surface area contributed by atoms with Gasteiger partial charge in [0.1, 0.15) is 0 Å². The molecule has 13 heavy (non-hydrogen) atoms. The Morgan fingerprint density at radius 3 is 2.23 bits per heavy atom. The van der Waals surface area contributed by atoms with Crippen molar-refractivity contribution in [2.45, 2.75) is 13.8 Å². The summed E-state index contributed by atoms with van der Waals surface area (Å²) in [4.78, 5) is 0. The number of rotatable bonds is 3. The van der Waals surface area contributed by atoms with Crippen LogP contribution in [-0.4, -0.2) is 25.6 Å². The van der Waals surface area contributed by atoms with E-state index >= 15 is 0 Å². The molecule has 0 atom stereocenters. The van der Waals surface area contributed by atoms with Crippen LogP contribution in [0.25, 0.3) is 0 Å². The van der Waals surface area contributed by atoms with Crippen molar-refractivity contribution in [2.75, 3.05) is 25.6 Å². The van der Waals surface area contributed by atoms with Gasteiger partial charge in [0, 0.05) is 20.6 Å². The summed E-state index contributed by atoms with van der Waals surface area (Å²) in [6.07, 6.45) is 0. The van der Waals surface area contributed by atoms with Gasteiger partial charge in [-0.05, 0) is 25.5 Å². The summed E-state index contributed by atoms with van der Waals surface area (Å²) < 4.78 is 0. The fraction of sp³-hybridized carbons (Fsp3) is 0.455. The Morgan fingerprint density at radius 1 is 1.15 bits per heavy atom. The van der Waals surface area contributed by atoms with Crippen LogP contribution in [0.2, 0.25) is 0 Å². The highest BCUT2D eigenvalue weighted by atomic mass is 15.6. The Morgan fingerprint density at radius 2 is 1.77 bits per heavy atom. The molecule has 0 aliphatic heterocycles. The van der Waals surface area contributed by atoms with Crippen molar-refractivity contribution >= 4 is 5.69 Å². The first kappa shape index (κ1) is 10.1. The van der Waals surface area contributed by atoms with Gasteiger partial charge in [-0.25, -0.2) is 5.01 Å². The van der Waals surface area contributed by atoms with Gasteiger partial charge in [-0.15, -0.1) is 0 Å². The molecule has 1 aromatic rings. The molecule has 0 saturated carbocycles. The SMILES string of the molecule is CCN(c1ccccc1C)N(C)C. The van der Waals surface area contributed by atoms with Crippen LogP contribution in [0.3, 0.4) is 0 Å². The van der Waals surface area contributed by atoms with Gasteiger partial charge in [-0.2, -0.15) is 0 Å². The minimum Gasteiger partial charge on any atom is -0.306 e. The van der Waals surface area contributed by atoms with Gasteiger partial charge in [0.15, 0.2) is 0 Å². The predicted octanol–water partition coefficient (Wildman–Crippen LogP) is 2.30. The van der Waals surface area contributed by atoms with E-state index in [1.165, 1.54) is 11.3 Å². The highest BCUT2D eigenvalue weighted by molar-refractivity contribution is 5.51. The fourth-order valence-electron chi connectivity index (χ4n) is 1.52. The summed E-state index contributed by atoms with van der Waals surface area (Å²) in [6.45, 7) is 5.30. The number of para-hydroxylation sites is 1. The summed E-state index contributed by atoms with van der Waals surface area (Å²) in [5.74, 6) is 0. The van der Waals surface area contributed by atoms with Crippen LogP contribution < -0.4 is 5.01 Å². The number of benzene rings is 1. The Bertz CT molecular complexity index is 269. The van der Waals surface area contributed by atoms with E-state index in [-0.39, 0.29) is 0 Å². The number of hydrogen-bond acceptors (Lipinski definition) is 2. The zero-order valence-corrected chi connectivity index (χ0v) is 8.91. The Balaban J connectivity index is 2.97. The fourth-order valence-corrected chi connectivity index (χ4v) is 1.52. The Hall–Kier alpha value is -1.02. The van der Waals surface area contributed by atoms with Gasteiger partial charge >= 0.3 is 0 Å². The van der Waals surface area contributed by atoms with Gasteiger partial charge in [0.2, 0.25) is 0 Å². The van der Waals surface area contributed by atoms with E-state index in [4.69, 9.17) is 0 Å². The molecule has 0 unspecified atom stereocenters. The van der Waals surface area contributed by atoms with Crippen molar-refractivity contribution in [2.24, 2.45) is 0 Å². The van der Waals surface area contributed by atoms with Crippen molar-refractivity contribution in [1.82, 2.24) is 5.01 Å². The Labute approximate surface area is 80.7 Å². The lowest BCUT2D eigenvalue weighted by Crippen LogP contribution is -2.37. The standard InChI is InChI=1S/C11H18N2/c1-5-13(12(3)4)11-9-7-6-8-10(11)2/h6-9H,5H2,1-4H3. The number of hydrogen-bond donors (Lipinski definition) is 0. The van der Waals surface area contributed by atoms with Gasteiger partial charge in [-0.3, -0.25) is 0 Å². The van der Waals surface area contributed by atoms with E-state index in [0.717, 1.165) is 6.54 Å². The zero-order valence-electron chi connectivity index (χ0n) is 8.91. The first-order chi connectivity index (χ1) is 6.16. The predicted molar refractivity (Wildman–Crippen MR) is 57.9 cm³/mol. The van der Waals surface area contributed by atoms with E-state index in [2.05, 4.69) is 62.2 Å². The third-order valence-electron chi connectivity index (χ3n) is 2.18. The largest absolute Gasteiger partial charge is 0.306 e. The molecular formula is C11H18N2. The molecule has 0 amide bonds. The summed E-state index contributed by atoms with van der Waals surface area (Å²) in [7, 11) is 4.13. The lowest BCUT2D eigenvalue weighted by molar-refractivity contribution is 0.376. The molecule has 1 rings (SSSR count). The van der Waals surface area contributed by atoms with Crippen LogP contribution in [0, 0.1) is 6.92 Å². The third kappa shape index (κ3) is 2.22. The topological polar surface area (TPSA) is 6.48 Å². The molecule has 0 spiro atoms. The summed E-state index contributed by atoms with van der Waals surface area (Å²) >= 11 is 0. The zero-order chi connectivity index (χ0) is 9.84. The number of nitrogens with zero attached hydrogens (tertiary/aromatic N) is 2. The molecule has 1 aromatic carbocycles. The van der Waals surface area contributed by atoms with Crippen molar-refractivity contribution in [3.8, 4) is 0 Å². The monoisotopic (exact) mass is 178 g/mol. The van der Waals surface area contributed by atoms with Gasteiger partial charge < -0.3 is 5.01 Å². The maximum atomic E-state index is 2.25. The minimum atomic E-state index is 0.998. The van der Waals surface area contributed by atoms with E-state index in [1.807, 2.05) is 0 Å². The van der Waals surface area contributed by atoms with E-state index in [0.29, 0.717) is 0 Å². The van der Waals surface area contributed by atoms with Crippen LogP contribution >= 0.6 is 0 Å². The Kier molecular flexibility index (Phi) is 3.32. The van der Waals surface area contributed by atoms with Gasteiger partial charge in [0.25, 0.3) is 0 Å². The van der Waals surface area contributed by atoms with E-state index in [9.17, 15) is 0 Å². The molecule has 2 nitrogen and oxygen atoms in total. The second kappa shape index (κ2) is 4.28. The summed E-state index contributed by atoms with van der Waals surface area (Å²) in [5.41, 5.74) is 2.60. The van der Waals surface area contributed by atoms with Crippen LogP contribution in [0.5, 0.6) is 0 Å². The average Bonchev–Trinajstić information content (AvgIpc) is 2.09. The van der Waals surface area contributed by atoms with E-state index < -0.39 is 0 Å². The second-order valence-corrected chi connectivity index (χ2v) is 3.35. The van der Waals surface area contributed by atoms with Gasteiger partial charge in [-0.1, -0.05) is 18.2 Å². The average molecular weight is 178 g/mol. The first-order valence-corrected chi connectivity index (χ1v) is 4.67. The van der Waals surface area contributed by atoms with E-state index in [1.54, 1.807) is 0 Å². The molecular weight excluding hydrogens is 160 g/mol. The third-order valence-corrected chi connectivity index (χ3v) is 2.18. The molecule has 0 aliphatic rings. The first-order valence-electron chi connectivity index (χ1n) is 4.67. The molecule has 0 N–H and O–H groups in total. The number of anilines is 1. The number of hydrazine groups is 1. The highest BCUT2D eigenvalue weighted by Crippen LogP contribution is 2.19. The van der Waals surface area contributed by atoms with Gasteiger partial charge in [0.05, 0.1) is 5.69 Å². The molecule has 0 aliphatic carbocycles. The lowest BCUT2D eigenvalue weighted by Gasteiger charge is -2.31. The molecule has 0 radical (unpaired) electrons.